The molecule has 0 radical (unpaired) electrons. The minimum absolute atomic E-state index is 0.0303. The largest absolute Gasteiger partial charge is 0.419 e. The molecule has 0 aromatic heterocycles. The van der Waals surface area contributed by atoms with Gasteiger partial charge in [-0.25, -0.2) is 22.9 Å². The quantitative estimate of drug-likeness (QED) is 0.689. The van der Waals surface area contributed by atoms with Gasteiger partial charge in [0.15, 0.2) is 11.6 Å². The number of ether oxygens (including phenoxy) is 2. The number of carbonyl (C=O) groups excluding carboxylic acids is 2. The van der Waals surface area contributed by atoms with Crippen LogP contribution in [0, 0.1) is 11.6 Å². The third-order valence-electron chi connectivity index (χ3n) is 5.91. The summed E-state index contributed by atoms with van der Waals surface area (Å²) in [5.74, 6) is -1.62. The van der Waals surface area contributed by atoms with Gasteiger partial charge in [0.1, 0.15) is 12.2 Å². The van der Waals surface area contributed by atoms with Gasteiger partial charge in [-0.1, -0.05) is 0 Å². The van der Waals surface area contributed by atoms with Crippen molar-refractivity contribution in [1.82, 2.24) is 0 Å². The van der Waals surface area contributed by atoms with E-state index in [0.29, 0.717) is 26.2 Å². The Morgan fingerprint density at radius 3 is 2.25 bits per heavy atom. The lowest BCUT2D eigenvalue weighted by atomic mass is 10.1. The Hall–Kier alpha value is -2.26. The molecule has 154 valence electrons. The van der Waals surface area contributed by atoms with E-state index in [1.54, 1.807) is 12.0 Å². The first-order valence-electron chi connectivity index (χ1n) is 9.40. The number of methoxy groups -OCH3 is 1. The lowest BCUT2D eigenvalue weighted by Crippen LogP contribution is -2.59. The first-order valence-corrected chi connectivity index (χ1v) is 9.40. The maximum absolute atomic E-state index is 14.6. The fraction of sp³-hybridized carbons (Fsp3) is 0.579. The number of nitrogens with zero attached hydrogens (tertiary/aromatic N) is 3. The highest BCUT2D eigenvalue weighted by Crippen LogP contribution is 2.34. The van der Waals surface area contributed by atoms with Crippen LogP contribution in [0.3, 0.4) is 0 Å². The first-order chi connectivity index (χ1) is 13.3. The molecule has 2 aliphatic heterocycles. The first kappa shape index (κ1) is 20.5. The van der Waals surface area contributed by atoms with Crippen LogP contribution in [0.2, 0.25) is 0 Å². The molecule has 2 fully saturated rings. The van der Waals surface area contributed by atoms with Gasteiger partial charge in [-0.05, 0) is 13.8 Å². The van der Waals surface area contributed by atoms with Crippen molar-refractivity contribution in [2.45, 2.75) is 33.1 Å². The van der Waals surface area contributed by atoms with E-state index in [1.165, 1.54) is 11.8 Å². The van der Waals surface area contributed by atoms with E-state index in [9.17, 15) is 18.4 Å². The maximum atomic E-state index is 14.6. The van der Waals surface area contributed by atoms with Crippen molar-refractivity contribution in [3.05, 3.63) is 23.8 Å². The summed E-state index contributed by atoms with van der Waals surface area (Å²) in [5, 5.41) is 0. The summed E-state index contributed by atoms with van der Waals surface area (Å²) in [6.07, 6.45) is -1.48. The number of carbonyl (C=O) groups is 2. The summed E-state index contributed by atoms with van der Waals surface area (Å²) < 4.78 is 39.8. The summed E-state index contributed by atoms with van der Waals surface area (Å²) in [4.78, 5) is 27.3. The average Bonchev–Trinajstić information content (AvgIpc) is 2.99. The smallest absolute Gasteiger partial charge is 0.393 e. The van der Waals surface area contributed by atoms with Gasteiger partial charge in [-0.15, -0.1) is 0 Å². The summed E-state index contributed by atoms with van der Waals surface area (Å²) in [5.41, 5.74) is -0.0546. The molecule has 1 atom stereocenters. The maximum Gasteiger partial charge on any atom is 0.419 e. The molecular weight excluding hydrogens is 372 g/mol. The number of quaternary nitrogens is 1. The fourth-order valence-electron chi connectivity index (χ4n) is 3.97. The predicted octanol–water partition coefficient (Wildman–Crippen LogP) is 2.49. The van der Waals surface area contributed by atoms with Crippen molar-refractivity contribution in [1.29, 1.82) is 0 Å². The predicted molar refractivity (Wildman–Crippen MR) is 99.0 cm³/mol. The molecule has 2 heterocycles. The minimum atomic E-state index is -0.751. The highest BCUT2D eigenvalue weighted by atomic mass is 19.1. The summed E-state index contributed by atoms with van der Waals surface area (Å²) >= 11 is 0. The van der Waals surface area contributed by atoms with Crippen LogP contribution in [-0.4, -0.2) is 68.6 Å². The molecule has 1 aromatic carbocycles. The topological polar surface area (TPSA) is 59.1 Å². The normalized spacial score (nSPS) is 20.4. The molecular formula is C19H26F2N3O4+. The third-order valence-corrected chi connectivity index (χ3v) is 5.91. The van der Waals surface area contributed by atoms with Crippen LogP contribution in [-0.2, 0) is 14.3 Å². The van der Waals surface area contributed by atoms with Crippen molar-refractivity contribution in [2.75, 3.05) is 49.6 Å². The van der Waals surface area contributed by atoms with Gasteiger partial charge in [-0.2, -0.15) is 0 Å². The Morgan fingerprint density at radius 1 is 1.21 bits per heavy atom. The van der Waals surface area contributed by atoms with Crippen LogP contribution < -0.4 is 9.80 Å². The van der Waals surface area contributed by atoms with Gasteiger partial charge in [-0.3, -0.25) is 4.90 Å². The molecule has 2 aliphatic rings. The van der Waals surface area contributed by atoms with E-state index in [-0.39, 0.29) is 34.4 Å². The van der Waals surface area contributed by atoms with Gasteiger partial charge in [0.2, 0.25) is 0 Å². The highest BCUT2D eigenvalue weighted by Gasteiger charge is 2.48. The zero-order valence-electron chi connectivity index (χ0n) is 16.6. The Bertz CT molecular complexity index is 755. The molecule has 9 heteroatoms. The molecule has 0 unspecified atom stereocenters. The van der Waals surface area contributed by atoms with Gasteiger partial charge in [0.05, 0.1) is 31.8 Å². The molecule has 3 rings (SSSR count). The Kier molecular flexibility index (Phi) is 5.58. The van der Waals surface area contributed by atoms with Crippen molar-refractivity contribution >= 4 is 23.4 Å². The van der Waals surface area contributed by atoms with Crippen LogP contribution in [0.4, 0.5) is 25.0 Å². The molecule has 2 saturated heterocycles. The Balaban J connectivity index is 1.84. The molecule has 2 amide bonds. The number of cyclic esters (lactones) is 1. The molecule has 0 saturated carbocycles. The van der Waals surface area contributed by atoms with E-state index in [2.05, 4.69) is 0 Å². The van der Waals surface area contributed by atoms with Crippen LogP contribution in [0.15, 0.2) is 12.1 Å². The van der Waals surface area contributed by atoms with E-state index in [0.717, 1.165) is 12.1 Å². The number of anilines is 2. The van der Waals surface area contributed by atoms with Gasteiger partial charge >= 0.3 is 12.0 Å². The van der Waals surface area contributed by atoms with E-state index >= 15 is 0 Å². The molecule has 28 heavy (non-hydrogen) atoms. The molecule has 7 nitrogen and oxygen atoms in total. The molecule has 0 spiro atoms. The zero-order valence-corrected chi connectivity index (χ0v) is 16.6. The lowest BCUT2D eigenvalue weighted by molar-refractivity contribution is -0.893. The average molecular weight is 398 g/mol. The van der Waals surface area contributed by atoms with Crippen molar-refractivity contribution in [2.24, 2.45) is 0 Å². The van der Waals surface area contributed by atoms with E-state index in [4.69, 9.17) is 9.47 Å². The lowest BCUT2D eigenvalue weighted by Gasteiger charge is -2.40. The number of benzene rings is 1. The van der Waals surface area contributed by atoms with E-state index < -0.39 is 24.0 Å². The molecule has 0 bridgehead atoms. The van der Waals surface area contributed by atoms with Crippen molar-refractivity contribution < 1.29 is 32.3 Å². The Morgan fingerprint density at radius 2 is 1.79 bits per heavy atom. The standard InChI is InChI=1S/C19H26F2N3O4/c1-5-24(6-2,12(3)25)17-11-23(19(26)28-17)13-7-15(20)18(16(21)8-13)22-9-14(10-22)27-4/h7-8,14,17H,5-6,9-11H2,1-4H3/q+1/t17-/m0/s1. The number of hydrogen-bond acceptors (Lipinski definition) is 5. The summed E-state index contributed by atoms with van der Waals surface area (Å²) in [7, 11) is 1.55. The van der Waals surface area contributed by atoms with Gasteiger partial charge < -0.3 is 14.4 Å². The van der Waals surface area contributed by atoms with Gasteiger partial charge in [0, 0.05) is 32.3 Å². The number of rotatable bonds is 6. The number of amides is 2. The van der Waals surface area contributed by atoms with Crippen LogP contribution in [0.1, 0.15) is 20.8 Å². The molecule has 1 aromatic rings. The second-order valence-corrected chi connectivity index (χ2v) is 7.16. The number of halogens is 2. The molecule has 0 aliphatic carbocycles. The minimum Gasteiger partial charge on any atom is -0.393 e. The highest BCUT2D eigenvalue weighted by molar-refractivity contribution is 5.90. The van der Waals surface area contributed by atoms with E-state index in [1.807, 2.05) is 13.8 Å². The summed E-state index contributed by atoms with van der Waals surface area (Å²) in [6, 6.07) is 2.26. The second-order valence-electron chi connectivity index (χ2n) is 7.16. The SMILES string of the molecule is CC[N+](CC)(C(C)=O)[C@@H]1CN(c2cc(F)c(N3CC(OC)C3)c(F)c2)C(=O)O1. The second kappa shape index (κ2) is 7.63. The van der Waals surface area contributed by atoms with Gasteiger partial charge in [0.25, 0.3) is 6.23 Å². The van der Waals surface area contributed by atoms with Crippen LogP contribution in [0.25, 0.3) is 0 Å². The van der Waals surface area contributed by atoms with Crippen molar-refractivity contribution in [3.63, 3.8) is 0 Å². The number of hydrogen-bond donors (Lipinski definition) is 0. The summed E-state index contributed by atoms with van der Waals surface area (Å²) in [6.45, 7) is 6.91. The van der Waals surface area contributed by atoms with Crippen LogP contribution in [0.5, 0.6) is 0 Å². The Labute approximate surface area is 163 Å². The fourth-order valence-corrected chi connectivity index (χ4v) is 3.97. The zero-order chi connectivity index (χ0) is 20.6. The molecule has 0 N–H and O–H groups in total. The van der Waals surface area contributed by atoms with Crippen molar-refractivity contribution in [3.8, 4) is 0 Å². The number of likely N-dealkylation sites (N-methyl/N-ethyl adjacent to an activating group) is 1. The van der Waals surface area contributed by atoms with Crippen LogP contribution >= 0.6 is 0 Å². The third kappa shape index (κ3) is 3.22. The monoisotopic (exact) mass is 398 g/mol.